The van der Waals surface area contributed by atoms with Crippen molar-refractivity contribution in [2.45, 2.75) is 0 Å². The van der Waals surface area contributed by atoms with Crippen molar-refractivity contribution in [3.8, 4) is 0 Å². The number of H-pyrrole nitrogens is 1. The van der Waals surface area contributed by atoms with Crippen molar-refractivity contribution < 1.29 is 0 Å². The van der Waals surface area contributed by atoms with Gasteiger partial charge in [-0.2, -0.15) is 0 Å². The summed E-state index contributed by atoms with van der Waals surface area (Å²) in [5.74, 6) is 0. The summed E-state index contributed by atoms with van der Waals surface area (Å²) in [4.78, 5) is 8.96. The first kappa shape index (κ1) is 8.30. The summed E-state index contributed by atoms with van der Waals surface area (Å²) >= 11 is 1.69. The molecule has 4 aromatic rings. The maximum absolute atomic E-state index is 4.45. The fourth-order valence-electron chi connectivity index (χ4n) is 2.26. The molecule has 0 bridgehead atoms. The Hall–Kier alpha value is -1.87. The summed E-state index contributed by atoms with van der Waals surface area (Å²) in [6.45, 7) is 0. The SMILES string of the molecule is c1ccc2c(c1)[nH]c1cnc3sccc3c12. The number of nitrogens with zero attached hydrogens (tertiary/aromatic N) is 1. The first-order valence-electron chi connectivity index (χ1n) is 5.16. The molecule has 0 aliphatic heterocycles. The molecule has 76 valence electrons. The van der Waals surface area contributed by atoms with Crippen LogP contribution in [-0.2, 0) is 0 Å². The molecule has 0 fully saturated rings. The Kier molecular flexibility index (Phi) is 1.47. The molecular weight excluding hydrogens is 216 g/mol. The molecule has 1 aromatic carbocycles. The van der Waals surface area contributed by atoms with E-state index in [4.69, 9.17) is 0 Å². The van der Waals surface area contributed by atoms with Gasteiger partial charge in [-0.3, -0.25) is 0 Å². The summed E-state index contributed by atoms with van der Waals surface area (Å²) in [6.07, 6.45) is 1.92. The molecule has 0 aliphatic carbocycles. The first-order chi connectivity index (χ1) is 7.93. The van der Waals surface area contributed by atoms with Crippen LogP contribution in [0.2, 0.25) is 0 Å². The van der Waals surface area contributed by atoms with Crippen molar-refractivity contribution in [1.29, 1.82) is 0 Å². The van der Waals surface area contributed by atoms with Gasteiger partial charge in [0.2, 0.25) is 0 Å². The number of hydrogen-bond donors (Lipinski definition) is 1. The fourth-order valence-corrected chi connectivity index (χ4v) is 3.01. The third-order valence-electron chi connectivity index (χ3n) is 2.96. The van der Waals surface area contributed by atoms with Gasteiger partial charge in [0.05, 0.1) is 11.7 Å². The van der Waals surface area contributed by atoms with Crippen molar-refractivity contribution in [3.63, 3.8) is 0 Å². The normalized spacial score (nSPS) is 11.8. The van der Waals surface area contributed by atoms with Gasteiger partial charge in [-0.1, -0.05) is 18.2 Å². The van der Waals surface area contributed by atoms with E-state index in [1.54, 1.807) is 11.3 Å². The van der Waals surface area contributed by atoms with Crippen LogP contribution in [0.5, 0.6) is 0 Å². The number of pyridine rings is 1. The van der Waals surface area contributed by atoms with Crippen LogP contribution in [0.1, 0.15) is 0 Å². The molecule has 0 unspecified atom stereocenters. The summed E-state index contributed by atoms with van der Waals surface area (Å²) in [6, 6.07) is 10.5. The van der Waals surface area contributed by atoms with Gasteiger partial charge in [-0.15, -0.1) is 11.3 Å². The predicted molar refractivity (Wildman–Crippen MR) is 69.0 cm³/mol. The monoisotopic (exact) mass is 224 g/mol. The average Bonchev–Trinajstić information content (AvgIpc) is 2.91. The maximum atomic E-state index is 4.45. The molecule has 16 heavy (non-hydrogen) atoms. The van der Waals surface area contributed by atoms with Crippen molar-refractivity contribution in [2.24, 2.45) is 0 Å². The largest absolute Gasteiger partial charge is 0.353 e. The Morgan fingerprint density at radius 3 is 2.94 bits per heavy atom. The molecule has 0 radical (unpaired) electrons. The van der Waals surface area contributed by atoms with Crippen molar-refractivity contribution in [3.05, 3.63) is 41.9 Å². The number of aromatic nitrogens is 2. The Bertz CT molecular complexity index is 810. The highest BCUT2D eigenvalue weighted by atomic mass is 32.1. The highest BCUT2D eigenvalue weighted by Gasteiger charge is 2.08. The Morgan fingerprint density at radius 2 is 1.94 bits per heavy atom. The molecule has 3 aromatic heterocycles. The molecule has 0 saturated carbocycles. The highest BCUT2D eigenvalue weighted by Crippen LogP contribution is 2.32. The number of para-hydroxylation sites is 1. The van der Waals surface area contributed by atoms with E-state index in [1.807, 2.05) is 6.20 Å². The second-order valence-electron chi connectivity index (χ2n) is 3.86. The van der Waals surface area contributed by atoms with Crippen LogP contribution in [-0.4, -0.2) is 9.97 Å². The molecule has 3 heterocycles. The van der Waals surface area contributed by atoms with Crippen LogP contribution >= 0.6 is 11.3 Å². The quantitative estimate of drug-likeness (QED) is 0.481. The van der Waals surface area contributed by atoms with Gasteiger partial charge in [-0.25, -0.2) is 4.98 Å². The van der Waals surface area contributed by atoms with Crippen LogP contribution < -0.4 is 0 Å². The molecule has 3 heteroatoms. The lowest BCUT2D eigenvalue weighted by atomic mass is 10.1. The van der Waals surface area contributed by atoms with Gasteiger partial charge in [0.15, 0.2) is 0 Å². The fraction of sp³-hybridized carbons (Fsp3) is 0. The summed E-state index contributed by atoms with van der Waals surface area (Å²) in [7, 11) is 0. The van der Waals surface area contributed by atoms with E-state index >= 15 is 0 Å². The van der Waals surface area contributed by atoms with E-state index in [1.165, 1.54) is 21.7 Å². The molecule has 0 saturated heterocycles. The lowest BCUT2D eigenvalue weighted by Crippen LogP contribution is -1.73. The van der Waals surface area contributed by atoms with E-state index in [0.29, 0.717) is 0 Å². The third kappa shape index (κ3) is 0.933. The second kappa shape index (κ2) is 2.83. The number of fused-ring (bicyclic) bond motifs is 5. The molecule has 0 amide bonds. The van der Waals surface area contributed by atoms with Gasteiger partial charge in [0.25, 0.3) is 0 Å². The van der Waals surface area contributed by atoms with Crippen molar-refractivity contribution in [2.75, 3.05) is 0 Å². The zero-order valence-corrected chi connectivity index (χ0v) is 9.21. The first-order valence-corrected chi connectivity index (χ1v) is 6.04. The minimum absolute atomic E-state index is 1.11. The highest BCUT2D eigenvalue weighted by molar-refractivity contribution is 7.16. The molecule has 1 N–H and O–H groups in total. The molecule has 0 atom stereocenters. The number of rotatable bonds is 0. The summed E-state index contributed by atoms with van der Waals surface area (Å²) in [5.41, 5.74) is 2.30. The number of benzene rings is 1. The van der Waals surface area contributed by atoms with Gasteiger partial charge >= 0.3 is 0 Å². The van der Waals surface area contributed by atoms with E-state index in [-0.39, 0.29) is 0 Å². The zero-order chi connectivity index (χ0) is 10.5. The van der Waals surface area contributed by atoms with Gasteiger partial charge < -0.3 is 4.98 Å². The molecule has 4 rings (SSSR count). The third-order valence-corrected chi connectivity index (χ3v) is 3.78. The van der Waals surface area contributed by atoms with Crippen LogP contribution in [0.15, 0.2) is 41.9 Å². The topological polar surface area (TPSA) is 28.7 Å². The summed E-state index contributed by atoms with van der Waals surface area (Å²) in [5, 5.41) is 5.92. The van der Waals surface area contributed by atoms with E-state index in [9.17, 15) is 0 Å². The number of aromatic amines is 1. The van der Waals surface area contributed by atoms with Crippen LogP contribution in [0.25, 0.3) is 32.0 Å². The molecule has 0 aliphatic rings. The second-order valence-corrected chi connectivity index (χ2v) is 4.75. The molecular formula is C13H8N2S. The Morgan fingerprint density at radius 1 is 1.00 bits per heavy atom. The van der Waals surface area contributed by atoms with Gasteiger partial charge in [0, 0.05) is 21.7 Å². The lowest BCUT2D eigenvalue weighted by Gasteiger charge is -1.92. The number of nitrogens with one attached hydrogen (secondary N) is 1. The average molecular weight is 224 g/mol. The molecule has 0 spiro atoms. The Balaban J connectivity index is 2.42. The minimum atomic E-state index is 1.11. The van der Waals surface area contributed by atoms with E-state index < -0.39 is 0 Å². The van der Waals surface area contributed by atoms with Gasteiger partial charge in [0.1, 0.15) is 4.83 Å². The standard InChI is InChI=1S/C13H8N2S/c1-2-4-10-8(3-1)12-9-5-6-16-13(9)14-7-11(12)15-10/h1-7,15H. The van der Waals surface area contributed by atoms with Gasteiger partial charge in [-0.05, 0) is 17.5 Å². The van der Waals surface area contributed by atoms with Crippen LogP contribution in [0.4, 0.5) is 0 Å². The number of hydrogen-bond acceptors (Lipinski definition) is 2. The lowest BCUT2D eigenvalue weighted by molar-refractivity contribution is 1.44. The van der Waals surface area contributed by atoms with E-state index in [2.05, 4.69) is 45.7 Å². The summed E-state index contributed by atoms with van der Waals surface area (Å²) < 4.78 is 0. The van der Waals surface area contributed by atoms with Crippen molar-refractivity contribution >= 4 is 43.4 Å². The van der Waals surface area contributed by atoms with Crippen LogP contribution in [0.3, 0.4) is 0 Å². The van der Waals surface area contributed by atoms with Crippen molar-refractivity contribution in [1.82, 2.24) is 9.97 Å². The zero-order valence-electron chi connectivity index (χ0n) is 8.40. The predicted octanol–water partition coefficient (Wildman–Crippen LogP) is 3.93. The maximum Gasteiger partial charge on any atom is 0.123 e. The van der Waals surface area contributed by atoms with Crippen LogP contribution in [0, 0.1) is 0 Å². The Labute approximate surface area is 95.5 Å². The smallest absolute Gasteiger partial charge is 0.123 e. The minimum Gasteiger partial charge on any atom is -0.353 e. The number of thiophene rings is 1. The molecule has 2 nitrogen and oxygen atoms in total. The van der Waals surface area contributed by atoms with E-state index in [0.717, 1.165) is 10.3 Å².